The molecule has 4 rings (SSSR count). The Kier molecular flexibility index (Phi) is 21.7. The molecule has 0 unspecified atom stereocenters. The highest BCUT2D eigenvalue weighted by atomic mass is 16.5. The van der Waals surface area contributed by atoms with Crippen LogP contribution >= 0.6 is 0 Å². The Hall–Kier alpha value is -5.16. The largest absolute Gasteiger partial charge is 0.480 e. The van der Waals surface area contributed by atoms with Gasteiger partial charge in [-0.25, -0.2) is 9.79 Å². The average molecular weight is 950 g/mol. The number of likely N-dealkylation sites (N-methyl/N-ethyl adjacent to an activating group) is 1. The number of guanidine groups is 1. The van der Waals surface area contributed by atoms with Crippen LogP contribution in [0.25, 0.3) is 0 Å². The highest BCUT2D eigenvalue weighted by Crippen LogP contribution is 2.30. The lowest BCUT2D eigenvalue weighted by Gasteiger charge is -2.41. The monoisotopic (exact) mass is 950 g/mol. The molecule has 0 radical (unpaired) electrons. The third-order valence-electron chi connectivity index (χ3n) is 14.1. The SMILES string of the molecule is CC[C@H](C)[C@@H]([C@@H](CC(=O)N1CCC[C@H]1[C@H](OC)[C@@H](C)C(=O)N[C@@H](Cc1ccccc1)C(=O)O)OC)N(C)C(=O)[C@@H](/N=C(\N(C)C)N1CCC(C(=O)CCCCCN2C(=O)C=CC2=O)CC1)C(C)C. The predicted octanol–water partition coefficient (Wildman–Crippen LogP) is 4.43. The van der Waals surface area contributed by atoms with Gasteiger partial charge in [-0.3, -0.25) is 33.7 Å². The number of likely N-dealkylation sites (tertiary alicyclic amines) is 2. The van der Waals surface area contributed by atoms with E-state index < -0.39 is 54.2 Å². The second-order valence-corrected chi connectivity index (χ2v) is 19.4. The molecule has 2 saturated heterocycles. The molecule has 3 aliphatic rings. The van der Waals surface area contributed by atoms with Crippen LogP contribution in [0.5, 0.6) is 0 Å². The number of carbonyl (C=O) groups is 7. The number of aliphatic imine (C=N–C) groups is 1. The van der Waals surface area contributed by atoms with E-state index in [0.29, 0.717) is 83.5 Å². The van der Waals surface area contributed by atoms with Crippen LogP contribution in [-0.4, -0.2) is 175 Å². The van der Waals surface area contributed by atoms with Crippen molar-refractivity contribution in [2.75, 3.05) is 61.5 Å². The fourth-order valence-corrected chi connectivity index (χ4v) is 9.96. The number of amides is 5. The number of ketones is 1. The number of ether oxygens (including phenoxy) is 2. The zero-order chi connectivity index (χ0) is 50.2. The van der Waals surface area contributed by atoms with Crippen LogP contribution in [0.4, 0.5) is 0 Å². The normalized spacial score (nSPS) is 20.0. The molecule has 1 aromatic rings. The molecule has 2 N–H and O–H groups in total. The Balaban J connectivity index is 1.41. The smallest absolute Gasteiger partial charge is 0.326 e. The zero-order valence-corrected chi connectivity index (χ0v) is 42.2. The summed E-state index contributed by atoms with van der Waals surface area (Å²) in [6, 6.07) is 6.30. The van der Waals surface area contributed by atoms with E-state index in [4.69, 9.17) is 14.5 Å². The van der Waals surface area contributed by atoms with Gasteiger partial charge in [0.25, 0.3) is 11.8 Å². The highest BCUT2D eigenvalue weighted by Gasteiger charge is 2.43. The molecule has 8 atom stereocenters. The first-order chi connectivity index (χ1) is 32.3. The Morgan fingerprint density at radius 3 is 2.09 bits per heavy atom. The number of Topliss-reactive ketones (excluding diaryl/α,β-unsaturated/α-hetero) is 1. The first-order valence-corrected chi connectivity index (χ1v) is 24.6. The number of hydrogen-bond acceptors (Lipinski definition) is 10. The third-order valence-corrected chi connectivity index (χ3v) is 14.1. The lowest BCUT2D eigenvalue weighted by atomic mass is 9.89. The quantitative estimate of drug-likeness (QED) is 0.0607. The number of carboxylic acids is 1. The van der Waals surface area contributed by atoms with Crippen molar-refractivity contribution < 1.29 is 48.1 Å². The number of benzene rings is 1. The number of hydrogen-bond donors (Lipinski definition) is 2. The number of methoxy groups -OCH3 is 2. The topological polar surface area (TPSA) is 199 Å². The molecule has 2 fully saturated rings. The van der Waals surface area contributed by atoms with Crippen molar-refractivity contribution >= 4 is 47.2 Å². The van der Waals surface area contributed by atoms with E-state index in [-0.39, 0.29) is 60.0 Å². The van der Waals surface area contributed by atoms with Gasteiger partial charge < -0.3 is 39.5 Å². The maximum absolute atomic E-state index is 14.7. The van der Waals surface area contributed by atoms with Gasteiger partial charge in [0, 0.05) is 92.5 Å². The number of carboxylic acid groups (broad SMARTS) is 1. The predicted molar refractivity (Wildman–Crippen MR) is 259 cm³/mol. The van der Waals surface area contributed by atoms with Crippen molar-refractivity contribution in [2.24, 2.45) is 28.7 Å². The summed E-state index contributed by atoms with van der Waals surface area (Å²) in [4.78, 5) is 106. The Labute approximate surface area is 404 Å². The zero-order valence-electron chi connectivity index (χ0n) is 42.2. The number of nitrogens with one attached hydrogen (secondary N) is 1. The van der Waals surface area contributed by atoms with Crippen molar-refractivity contribution in [1.82, 2.24) is 29.8 Å². The summed E-state index contributed by atoms with van der Waals surface area (Å²) in [6.45, 7) is 11.8. The summed E-state index contributed by atoms with van der Waals surface area (Å²) in [5, 5.41) is 12.7. The number of nitrogens with zero attached hydrogens (tertiary/aromatic N) is 6. The first kappa shape index (κ1) is 55.4. The first-order valence-electron chi connectivity index (χ1n) is 24.6. The molecule has 378 valence electrons. The second kappa shape index (κ2) is 26.6. The van der Waals surface area contributed by atoms with Crippen molar-refractivity contribution in [3.8, 4) is 0 Å². The number of imide groups is 1. The van der Waals surface area contributed by atoms with Crippen molar-refractivity contribution in [1.29, 1.82) is 0 Å². The summed E-state index contributed by atoms with van der Waals surface area (Å²) in [5.41, 5.74) is 0.779. The van der Waals surface area contributed by atoms with Gasteiger partial charge in [0.05, 0.1) is 36.6 Å². The molecular formula is C51H79N7O10. The number of unbranched alkanes of at least 4 members (excludes halogenated alkanes) is 2. The summed E-state index contributed by atoms with van der Waals surface area (Å²) < 4.78 is 12.0. The maximum atomic E-state index is 14.7. The van der Waals surface area contributed by atoms with Gasteiger partial charge in [-0.1, -0.05) is 77.8 Å². The van der Waals surface area contributed by atoms with Crippen LogP contribution < -0.4 is 5.32 Å². The number of rotatable bonds is 25. The standard InChI is InChI=1S/C51H79N7O10/c1-11-34(4)46(41(67-9)32-44(62)57-28-18-21-39(57)47(68-10)35(5)48(63)52-38(50(65)66)31-36-19-14-12-15-20-36)55(8)49(64)45(33(2)3)53-51(54(6)7)56-29-25-37(26-30-56)40(59)22-16-13-17-27-58-42(60)23-24-43(58)61/h12,14-15,19-20,23-24,33-35,37-39,41,45-47H,11,13,16-18,21-22,25-32H2,1-10H3,(H,52,63)(H,65,66)/b53-51+/t34-,35+,38-,39-,41+,45-,46-,47+/m0/s1. The van der Waals surface area contributed by atoms with Gasteiger partial charge in [0.2, 0.25) is 17.7 Å². The van der Waals surface area contributed by atoms with Crippen LogP contribution in [-0.2, 0) is 49.5 Å². The highest BCUT2D eigenvalue weighted by molar-refractivity contribution is 6.12. The van der Waals surface area contributed by atoms with E-state index in [2.05, 4.69) is 10.2 Å². The van der Waals surface area contributed by atoms with Gasteiger partial charge in [0.15, 0.2) is 5.96 Å². The summed E-state index contributed by atoms with van der Waals surface area (Å²) in [6.07, 6.45) is 7.23. The van der Waals surface area contributed by atoms with E-state index in [1.54, 1.807) is 30.9 Å². The Bertz CT molecular complexity index is 1920. The van der Waals surface area contributed by atoms with Gasteiger partial charge in [-0.05, 0) is 55.9 Å². The number of carbonyl (C=O) groups excluding carboxylic acids is 6. The average Bonchev–Trinajstić information content (AvgIpc) is 3.93. The third kappa shape index (κ3) is 14.7. The van der Waals surface area contributed by atoms with Gasteiger partial charge in [-0.15, -0.1) is 0 Å². The molecule has 3 heterocycles. The van der Waals surface area contributed by atoms with Crippen molar-refractivity contribution in [3.05, 3.63) is 48.0 Å². The van der Waals surface area contributed by atoms with Crippen molar-refractivity contribution in [3.63, 3.8) is 0 Å². The van der Waals surface area contributed by atoms with E-state index >= 15 is 0 Å². The van der Waals surface area contributed by atoms with Crippen molar-refractivity contribution in [2.45, 2.75) is 142 Å². The van der Waals surface area contributed by atoms with Gasteiger partial charge >= 0.3 is 5.97 Å². The fourth-order valence-electron chi connectivity index (χ4n) is 9.96. The second-order valence-electron chi connectivity index (χ2n) is 19.4. The summed E-state index contributed by atoms with van der Waals surface area (Å²) >= 11 is 0. The molecule has 0 aromatic heterocycles. The molecule has 3 aliphatic heterocycles. The van der Waals surface area contributed by atoms with E-state index in [0.717, 1.165) is 12.0 Å². The lowest BCUT2D eigenvalue weighted by molar-refractivity contribution is -0.147. The summed E-state index contributed by atoms with van der Waals surface area (Å²) in [7, 11) is 8.63. The Morgan fingerprint density at radius 2 is 1.53 bits per heavy atom. The lowest BCUT2D eigenvalue weighted by Crippen LogP contribution is -2.55. The van der Waals surface area contributed by atoms with Crippen LogP contribution in [0.3, 0.4) is 0 Å². The van der Waals surface area contributed by atoms with Crippen LogP contribution in [0.15, 0.2) is 47.5 Å². The van der Waals surface area contributed by atoms with E-state index in [1.165, 1.54) is 24.2 Å². The molecule has 17 heteroatoms. The minimum Gasteiger partial charge on any atom is -0.480 e. The molecule has 0 spiro atoms. The Morgan fingerprint density at radius 1 is 0.882 bits per heavy atom. The van der Waals surface area contributed by atoms with Crippen LogP contribution in [0.1, 0.15) is 104 Å². The fraction of sp³-hybridized carbons (Fsp3) is 0.686. The number of aliphatic carboxylic acids is 1. The molecule has 68 heavy (non-hydrogen) atoms. The van der Waals surface area contributed by atoms with E-state index in [1.807, 2.05) is 77.0 Å². The molecule has 17 nitrogen and oxygen atoms in total. The summed E-state index contributed by atoms with van der Waals surface area (Å²) in [5.74, 6) is -2.73. The molecule has 5 amide bonds. The van der Waals surface area contributed by atoms with Crippen LogP contribution in [0.2, 0.25) is 0 Å². The maximum Gasteiger partial charge on any atom is 0.326 e. The molecule has 0 saturated carbocycles. The minimum absolute atomic E-state index is 0.0145. The van der Waals surface area contributed by atoms with Gasteiger partial charge in [0.1, 0.15) is 17.9 Å². The molecule has 0 aliphatic carbocycles. The number of piperidine rings is 1. The molecular weight excluding hydrogens is 871 g/mol. The van der Waals surface area contributed by atoms with Crippen LogP contribution in [0, 0.1) is 23.7 Å². The molecule has 1 aromatic carbocycles. The molecule has 0 bridgehead atoms. The van der Waals surface area contributed by atoms with Gasteiger partial charge in [-0.2, -0.15) is 0 Å². The minimum atomic E-state index is -1.14. The van der Waals surface area contributed by atoms with E-state index in [9.17, 15) is 38.7 Å².